The molecule has 24 heavy (non-hydrogen) atoms. The number of nitrogens with one attached hydrogen (secondary N) is 1. The molecule has 1 amide bonds. The predicted molar refractivity (Wildman–Crippen MR) is 87.2 cm³/mol. The van der Waals surface area contributed by atoms with Crippen LogP contribution < -0.4 is 10.9 Å². The number of hydrogen-bond donors (Lipinski definition) is 1. The van der Waals surface area contributed by atoms with Gasteiger partial charge in [0.15, 0.2) is 5.78 Å². The average molecular weight is 329 g/mol. The molecule has 0 bridgehead atoms. The zero-order valence-electron chi connectivity index (χ0n) is 13.1. The summed E-state index contributed by atoms with van der Waals surface area (Å²) in [4.78, 5) is 45.4. The fourth-order valence-electron chi connectivity index (χ4n) is 2.17. The summed E-state index contributed by atoms with van der Waals surface area (Å²) in [5.74, 6) is -0.595. The lowest BCUT2D eigenvalue weighted by Gasteiger charge is -2.09. The Morgan fingerprint density at radius 2 is 1.79 bits per heavy atom. The zero-order chi connectivity index (χ0) is 17.9. The predicted octanol–water partition coefficient (Wildman–Crippen LogP) is 1.91. The van der Waals surface area contributed by atoms with E-state index >= 15 is 0 Å². The Morgan fingerprint density at radius 1 is 1.17 bits per heavy atom. The Hall–Kier alpha value is -3.29. The number of benzene rings is 1. The van der Waals surface area contributed by atoms with Gasteiger partial charge in [0.1, 0.15) is 0 Å². The Kier molecular flexibility index (Phi) is 4.88. The van der Waals surface area contributed by atoms with Crippen molar-refractivity contribution in [3.63, 3.8) is 0 Å². The topological polar surface area (TPSA) is 111 Å². The summed E-state index contributed by atoms with van der Waals surface area (Å²) >= 11 is 0. The highest BCUT2D eigenvalue weighted by Gasteiger charge is 2.18. The van der Waals surface area contributed by atoms with E-state index in [9.17, 15) is 24.5 Å². The number of pyridine rings is 1. The number of ketones is 1. The monoisotopic (exact) mass is 329 g/mol. The summed E-state index contributed by atoms with van der Waals surface area (Å²) in [6, 6.07) is 8.72. The van der Waals surface area contributed by atoms with Crippen LogP contribution in [0, 0.1) is 17.0 Å². The number of aromatic nitrogens is 1. The summed E-state index contributed by atoms with van der Waals surface area (Å²) < 4.78 is 1.07. The van der Waals surface area contributed by atoms with Gasteiger partial charge in [-0.1, -0.05) is 0 Å². The standard InChI is InChI=1S/C16H15N3O5/c1-10-3-8-14(19(23)24)16(22)18(10)9-15(21)12-4-6-13(7-5-12)17-11(2)20/h3-8H,9H2,1-2H3,(H,17,20). The largest absolute Gasteiger partial charge is 0.334 e. The lowest BCUT2D eigenvalue weighted by Crippen LogP contribution is -2.27. The second kappa shape index (κ2) is 6.86. The Balaban J connectivity index is 2.27. The highest BCUT2D eigenvalue weighted by atomic mass is 16.6. The number of carbonyl (C=O) groups is 2. The van der Waals surface area contributed by atoms with Crippen LogP contribution in [0.1, 0.15) is 23.0 Å². The molecule has 0 saturated heterocycles. The van der Waals surface area contributed by atoms with E-state index in [0.717, 1.165) is 10.6 Å². The second-order valence-corrected chi connectivity index (χ2v) is 5.19. The maximum atomic E-state index is 12.3. The molecular weight excluding hydrogens is 314 g/mol. The molecule has 0 aliphatic carbocycles. The van der Waals surface area contributed by atoms with Crippen LogP contribution in [-0.2, 0) is 11.3 Å². The average Bonchev–Trinajstić information content (AvgIpc) is 2.51. The van der Waals surface area contributed by atoms with Crippen LogP contribution in [0.5, 0.6) is 0 Å². The molecule has 1 heterocycles. The van der Waals surface area contributed by atoms with Crippen LogP contribution in [0.3, 0.4) is 0 Å². The van der Waals surface area contributed by atoms with Gasteiger partial charge in [-0.05, 0) is 37.3 Å². The van der Waals surface area contributed by atoms with Crippen molar-refractivity contribution in [1.82, 2.24) is 4.57 Å². The molecule has 1 aromatic carbocycles. The minimum absolute atomic E-state index is 0.229. The summed E-state index contributed by atoms with van der Waals surface area (Å²) in [6.45, 7) is 2.67. The van der Waals surface area contributed by atoms with Gasteiger partial charge in [0, 0.05) is 29.9 Å². The maximum Gasteiger partial charge on any atom is 0.334 e. The summed E-state index contributed by atoms with van der Waals surface area (Å²) in [5.41, 5.74) is -0.0592. The molecular formula is C16H15N3O5. The highest BCUT2D eigenvalue weighted by molar-refractivity contribution is 5.97. The van der Waals surface area contributed by atoms with E-state index in [-0.39, 0.29) is 18.2 Å². The molecule has 0 radical (unpaired) electrons. The molecule has 8 heteroatoms. The number of Topliss-reactive ketones (excluding diaryl/α,β-unsaturated/α-hetero) is 1. The van der Waals surface area contributed by atoms with Crippen LogP contribution in [0.2, 0.25) is 0 Å². The van der Waals surface area contributed by atoms with E-state index in [1.54, 1.807) is 19.1 Å². The van der Waals surface area contributed by atoms with E-state index in [4.69, 9.17) is 0 Å². The van der Waals surface area contributed by atoms with Crippen LogP contribution >= 0.6 is 0 Å². The minimum atomic E-state index is -0.816. The smallest absolute Gasteiger partial charge is 0.326 e. The first-order valence-electron chi connectivity index (χ1n) is 7.05. The van der Waals surface area contributed by atoms with E-state index in [2.05, 4.69) is 5.32 Å². The van der Waals surface area contributed by atoms with Gasteiger partial charge >= 0.3 is 11.2 Å². The fourth-order valence-corrected chi connectivity index (χ4v) is 2.17. The van der Waals surface area contributed by atoms with Crippen LogP contribution in [0.4, 0.5) is 11.4 Å². The lowest BCUT2D eigenvalue weighted by atomic mass is 10.1. The van der Waals surface area contributed by atoms with Crippen molar-refractivity contribution in [3.05, 3.63) is 68.1 Å². The molecule has 0 fully saturated rings. The molecule has 1 N–H and O–H groups in total. The molecule has 2 rings (SSSR count). The van der Waals surface area contributed by atoms with Crippen molar-refractivity contribution in [2.45, 2.75) is 20.4 Å². The molecule has 124 valence electrons. The minimum Gasteiger partial charge on any atom is -0.326 e. The molecule has 0 atom stereocenters. The van der Waals surface area contributed by atoms with Gasteiger partial charge in [-0.3, -0.25) is 29.1 Å². The zero-order valence-corrected chi connectivity index (χ0v) is 13.1. The van der Waals surface area contributed by atoms with Gasteiger partial charge in [-0.15, -0.1) is 0 Å². The number of anilines is 1. The van der Waals surface area contributed by atoms with Gasteiger partial charge < -0.3 is 5.32 Å². The number of nitrogens with zero attached hydrogens (tertiary/aromatic N) is 2. The summed E-state index contributed by atoms with van der Waals surface area (Å²) in [7, 11) is 0. The molecule has 0 saturated carbocycles. The van der Waals surface area contributed by atoms with Crippen molar-refractivity contribution >= 4 is 23.1 Å². The molecule has 2 aromatic rings. The van der Waals surface area contributed by atoms with Crippen molar-refractivity contribution in [3.8, 4) is 0 Å². The van der Waals surface area contributed by atoms with Crippen molar-refractivity contribution in [1.29, 1.82) is 0 Å². The number of hydrogen-bond acceptors (Lipinski definition) is 5. The number of nitro groups is 1. The quantitative estimate of drug-likeness (QED) is 0.511. The Morgan fingerprint density at radius 3 is 2.33 bits per heavy atom. The van der Waals surface area contributed by atoms with Crippen LogP contribution in [0.25, 0.3) is 0 Å². The third kappa shape index (κ3) is 3.72. The van der Waals surface area contributed by atoms with Crippen LogP contribution in [0.15, 0.2) is 41.2 Å². The first-order valence-corrected chi connectivity index (χ1v) is 7.05. The summed E-state index contributed by atoms with van der Waals surface area (Å²) in [5, 5.41) is 13.4. The molecule has 1 aromatic heterocycles. The first-order chi connectivity index (χ1) is 11.3. The van der Waals surface area contributed by atoms with Gasteiger partial charge in [0.25, 0.3) is 0 Å². The van der Waals surface area contributed by atoms with E-state index in [1.807, 2.05) is 0 Å². The SMILES string of the molecule is CC(=O)Nc1ccc(C(=O)Cn2c(C)ccc([N+](=O)[O-])c2=O)cc1. The second-order valence-electron chi connectivity index (χ2n) is 5.19. The summed E-state index contributed by atoms with van der Waals surface area (Å²) in [6.07, 6.45) is 0. The Labute approximate surface area is 136 Å². The van der Waals surface area contributed by atoms with E-state index in [0.29, 0.717) is 16.9 Å². The third-order valence-corrected chi connectivity index (χ3v) is 3.40. The third-order valence-electron chi connectivity index (χ3n) is 3.40. The van der Waals surface area contributed by atoms with Gasteiger partial charge in [-0.25, -0.2) is 0 Å². The van der Waals surface area contributed by atoms with Gasteiger partial charge in [0.05, 0.1) is 11.5 Å². The number of carbonyl (C=O) groups excluding carboxylic acids is 2. The fraction of sp³-hybridized carbons (Fsp3) is 0.188. The number of aryl methyl sites for hydroxylation is 1. The molecule has 0 aliphatic heterocycles. The van der Waals surface area contributed by atoms with Gasteiger partial charge in [0.2, 0.25) is 5.91 Å². The van der Waals surface area contributed by atoms with E-state index < -0.39 is 16.2 Å². The maximum absolute atomic E-state index is 12.3. The lowest BCUT2D eigenvalue weighted by molar-refractivity contribution is -0.386. The van der Waals surface area contributed by atoms with Crippen LogP contribution in [-0.4, -0.2) is 21.2 Å². The molecule has 0 spiro atoms. The van der Waals surface area contributed by atoms with Crippen molar-refractivity contribution < 1.29 is 14.5 Å². The first kappa shape index (κ1) is 17.1. The van der Waals surface area contributed by atoms with Crippen molar-refractivity contribution in [2.75, 3.05) is 5.32 Å². The molecule has 0 unspecified atom stereocenters. The Bertz CT molecular complexity index is 868. The normalized spacial score (nSPS) is 10.2. The van der Waals surface area contributed by atoms with Crippen molar-refractivity contribution in [2.24, 2.45) is 0 Å². The molecule has 0 aliphatic rings. The van der Waals surface area contributed by atoms with Gasteiger partial charge in [-0.2, -0.15) is 0 Å². The highest BCUT2D eigenvalue weighted by Crippen LogP contribution is 2.12. The number of rotatable bonds is 5. The van der Waals surface area contributed by atoms with E-state index in [1.165, 1.54) is 25.1 Å². The number of amides is 1. The molecule has 8 nitrogen and oxygen atoms in total.